The van der Waals surface area contributed by atoms with Gasteiger partial charge in [0.2, 0.25) is 15.0 Å². The molecule has 0 saturated heterocycles. The summed E-state index contributed by atoms with van der Waals surface area (Å²) in [6.07, 6.45) is 0.935. The van der Waals surface area contributed by atoms with Crippen molar-refractivity contribution in [3.05, 3.63) is 11.4 Å². The van der Waals surface area contributed by atoms with Crippen molar-refractivity contribution in [3.8, 4) is 0 Å². The molecule has 1 aromatic rings. The molecule has 84 valence electrons. The maximum Gasteiger partial charge on any atom is 0.356 e. The van der Waals surface area contributed by atoms with Crippen LogP contribution in [-0.2, 0) is 16.3 Å². The minimum absolute atomic E-state index is 0.0180. The highest BCUT2D eigenvalue weighted by Gasteiger charge is 2.20. The van der Waals surface area contributed by atoms with Crippen molar-refractivity contribution in [2.75, 3.05) is 12.9 Å². The molecule has 8 heteroatoms. The Kier molecular flexibility index (Phi) is 3.10. The second-order valence-electron chi connectivity index (χ2n) is 2.92. The fourth-order valence-electron chi connectivity index (χ4n) is 1.03. The number of aromatic amines is 1. The van der Waals surface area contributed by atoms with E-state index in [0.29, 0.717) is 0 Å². The number of nitrogens with one attached hydrogen (secondary N) is 1. The lowest BCUT2D eigenvalue weighted by Gasteiger charge is -1.93. The van der Waals surface area contributed by atoms with Crippen molar-refractivity contribution < 1.29 is 23.4 Å². The number of aliphatic hydroxyl groups excluding tert-OH is 1. The molecule has 0 atom stereocenters. The maximum absolute atomic E-state index is 11.1. The lowest BCUT2D eigenvalue weighted by Crippen LogP contribution is -2.03. The van der Waals surface area contributed by atoms with Gasteiger partial charge >= 0.3 is 5.97 Å². The van der Waals surface area contributed by atoms with Gasteiger partial charge in [-0.05, 0) is 0 Å². The molecule has 1 heterocycles. The number of rotatable bonds is 4. The zero-order chi connectivity index (χ0) is 11.6. The summed E-state index contributed by atoms with van der Waals surface area (Å²) in [5.41, 5.74) is -0.269. The summed E-state index contributed by atoms with van der Waals surface area (Å²) in [5, 5.41) is 17.0. The first kappa shape index (κ1) is 11.7. The van der Waals surface area contributed by atoms with E-state index < -0.39 is 21.0 Å². The number of aliphatic hydroxyl groups is 1. The van der Waals surface area contributed by atoms with E-state index in [-0.39, 0.29) is 24.4 Å². The Balaban J connectivity index is 3.27. The molecule has 7 nitrogen and oxygen atoms in total. The molecule has 0 amide bonds. The van der Waals surface area contributed by atoms with Gasteiger partial charge in [-0.2, -0.15) is 0 Å². The topological polar surface area (TPSA) is 120 Å². The van der Waals surface area contributed by atoms with Gasteiger partial charge in [0.15, 0.2) is 5.69 Å². The van der Waals surface area contributed by atoms with Crippen LogP contribution in [0.3, 0.4) is 0 Å². The predicted octanol–water partition coefficient (Wildman–Crippen LogP) is -0.954. The van der Waals surface area contributed by atoms with Crippen LogP contribution in [0.1, 0.15) is 16.2 Å². The third kappa shape index (κ3) is 2.54. The summed E-state index contributed by atoms with van der Waals surface area (Å²) >= 11 is 0. The average molecular weight is 234 g/mol. The zero-order valence-corrected chi connectivity index (χ0v) is 8.71. The summed E-state index contributed by atoms with van der Waals surface area (Å²) < 4.78 is 22.2. The van der Waals surface area contributed by atoms with Crippen LogP contribution in [0.4, 0.5) is 0 Å². The molecule has 15 heavy (non-hydrogen) atoms. The van der Waals surface area contributed by atoms with Crippen LogP contribution in [0.15, 0.2) is 5.16 Å². The van der Waals surface area contributed by atoms with E-state index in [1.165, 1.54) is 0 Å². The molecule has 0 fully saturated rings. The summed E-state index contributed by atoms with van der Waals surface area (Å²) in [7, 11) is -3.57. The van der Waals surface area contributed by atoms with Crippen LogP contribution in [0.25, 0.3) is 0 Å². The van der Waals surface area contributed by atoms with Crippen LogP contribution in [0, 0.1) is 0 Å². The Morgan fingerprint density at radius 2 is 2.13 bits per heavy atom. The Bertz CT molecular complexity index is 476. The summed E-state index contributed by atoms with van der Waals surface area (Å²) in [6.45, 7) is -0.286. The number of aromatic carboxylic acids is 1. The van der Waals surface area contributed by atoms with Gasteiger partial charge in [-0.1, -0.05) is 0 Å². The Hall–Kier alpha value is -1.41. The number of sulfone groups is 1. The quantitative estimate of drug-likeness (QED) is 0.617. The maximum atomic E-state index is 11.1. The van der Waals surface area contributed by atoms with E-state index in [0.717, 1.165) is 6.26 Å². The van der Waals surface area contributed by atoms with Gasteiger partial charge in [0.05, 0.1) is 5.69 Å². The molecule has 0 spiro atoms. The van der Waals surface area contributed by atoms with E-state index in [9.17, 15) is 13.2 Å². The van der Waals surface area contributed by atoms with Gasteiger partial charge in [0.1, 0.15) is 0 Å². The highest BCUT2D eigenvalue weighted by atomic mass is 32.2. The molecule has 1 aromatic heterocycles. The van der Waals surface area contributed by atoms with Gasteiger partial charge in [-0.3, -0.25) is 0 Å². The van der Waals surface area contributed by atoms with Gasteiger partial charge in [-0.25, -0.2) is 18.2 Å². The highest BCUT2D eigenvalue weighted by Crippen LogP contribution is 2.11. The first-order chi connectivity index (χ1) is 6.86. The number of carbonyl (C=O) groups is 1. The largest absolute Gasteiger partial charge is 0.476 e. The van der Waals surface area contributed by atoms with Crippen molar-refractivity contribution in [2.45, 2.75) is 11.6 Å². The molecular formula is C7H10N2O5S. The number of hydrogen-bond acceptors (Lipinski definition) is 5. The summed E-state index contributed by atoms with van der Waals surface area (Å²) in [6, 6.07) is 0. The fourth-order valence-corrected chi connectivity index (χ4v) is 1.60. The summed E-state index contributed by atoms with van der Waals surface area (Å²) in [4.78, 5) is 16.5. The number of aromatic nitrogens is 2. The lowest BCUT2D eigenvalue weighted by molar-refractivity contribution is 0.0689. The third-order valence-corrected chi connectivity index (χ3v) is 2.57. The second kappa shape index (κ2) is 3.99. The molecule has 0 aliphatic carbocycles. The molecule has 0 bridgehead atoms. The number of hydrogen-bond donors (Lipinski definition) is 3. The van der Waals surface area contributed by atoms with Gasteiger partial charge < -0.3 is 15.2 Å². The lowest BCUT2D eigenvalue weighted by atomic mass is 10.2. The third-order valence-electron chi connectivity index (χ3n) is 1.67. The molecule has 0 saturated carbocycles. The zero-order valence-electron chi connectivity index (χ0n) is 7.89. The number of imidazole rings is 1. The first-order valence-corrected chi connectivity index (χ1v) is 5.88. The van der Waals surface area contributed by atoms with Crippen LogP contribution < -0.4 is 0 Å². The monoisotopic (exact) mass is 234 g/mol. The molecular weight excluding hydrogens is 224 g/mol. The number of nitrogens with zero attached hydrogens (tertiary/aromatic N) is 1. The van der Waals surface area contributed by atoms with Crippen molar-refractivity contribution >= 4 is 15.8 Å². The summed E-state index contributed by atoms with van der Waals surface area (Å²) in [5.74, 6) is -1.33. The standard InChI is InChI=1S/C7H10N2O5S/c1-15(13,14)7-8-4(2-3-10)5(9-7)6(11)12/h10H,2-3H2,1H3,(H,8,9)(H,11,12). The fraction of sp³-hybridized carbons (Fsp3) is 0.429. The molecule has 0 aliphatic rings. The Morgan fingerprint density at radius 1 is 1.53 bits per heavy atom. The van der Waals surface area contributed by atoms with Crippen molar-refractivity contribution in [1.29, 1.82) is 0 Å². The van der Waals surface area contributed by atoms with E-state index in [1.807, 2.05) is 0 Å². The van der Waals surface area contributed by atoms with Crippen LogP contribution in [0.5, 0.6) is 0 Å². The average Bonchev–Trinajstić information content (AvgIpc) is 2.48. The van der Waals surface area contributed by atoms with Crippen molar-refractivity contribution in [3.63, 3.8) is 0 Å². The predicted molar refractivity (Wildman–Crippen MR) is 49.4 cm³/mol. The van der Waals surface area contributed by atoms with E-state index in [2.05, 4.69) is 9.97 Å². The van der Waals surface area contributed by atoms with Crippen LogP contribution in [-0.4, -0.2) is 47.4 Å². The molecule has 0 unspecified atom stereocenters. The highest BCUT2D eigenvalue weighted by molar-refractivity contribution is 7.90. The van der Waals surface area contributed by atoms with Gasteiger partial charge in [0.25, 0.3) is 0 Å². The molecule has 3 N–H and O–H groups in total. The number of H-pyrrole nitrogens is 1. The van der Waals surface area contributed by atoms with Crippen molar-refractivity contribution in [2.24, 2.45) is 0 Å². The van der Waals surface area contributed by atoms with E-state index in [4.69, 9.17) is 10.2 Å². The molecule has 0 radical (unpaired) electrons. The minimum Gasteiger partial charge on any atom is -0.476 e. The normalized spacial score (nSPS) is 11.6. The number of carboxylic acids is 1. The Morgan fingerprint density at radius 3 is 2.53 bits per heavy atom. The smallest absolute Gasteiger partial charge is 0.356 e. The number of carboxylic acid groups (broad SMARTS) is 1. The molecule has 0 aromatic carbocycles. The Labute approximate surface area is 85.7 Å². The second-order valence-corrected chi connectivity index (χ2v) is 4.85. The van der Waals surface area contributed by atoms with Crippen LogP contribution in [0.2, 0.25) is 0 Å². The van der Waals surface area contributed by atoms with E-state index >= 15 is 0 Å². The van der Waals surface area contributed by atoms with E-state index in [1.54, 1.807) is 0 Å². The first-order valence-electron chi connectivity index (χ1n) is 3.99. The van der Waals surface area contributed by atoms with Crippen LogP contribution >= 0.6 is 0 Å². The SMILES string of the molecule is CS(=O)(=O)c1nc(C(=O)O)c(CCO)[nH]1. The molecule has 0 aliphatic heterocycles. The molecule has 1 rings (SSSR count). The minimum atomic E-state index is -3.57. The van der Waals surface area contributed by atoms with Gasteiger partial charge in [-0.15, -0.1) is 0 Å². The van der Waals surface area contributed by atoms with Crippen molar-refractivity contribution in [1.82, 2.24) is 9.97 Å². The van der Waals surface area contributed by atoms with Gasteiger partial charge in [0, 0.05) is 19.3 Å².